The molecule has 0 unspecified atom stereocenters. The van der Waals surface area contributed by atoms with E-state index in [4.69, 9.17) is 0 Å². The van der Waals surface area contributed by atoms with Crippen molar-refractivity contribution in [2.45, 2.75) is 110 Å². The van der Waals surface area contributed by atoms with E-state index in [1.54, 1.807) is 0 Å². The van der Waals surface area contributed by atoms with E-state index < -0.39 is 0 Å². The third-order valence-corrected chi connectivity index (χ3v) is 4.26. The predicted octanol–water partition coefficient (Wildman–Crippen LogP) is 5.92. The predicted molar refractivity (Wildman–Crippen MR) is 94.7 cm³/mol. The van der Waals surface area contributed by atoms with Crippen molar-refractivity contribution >= 4 is 6.47 Å². The average molecular weight is 372 g/mol. The van der Waals surface area contributed by atoms with Gasteiger partial charge in [0.15, 0.2) is 0 Å². The molecule has 0 heterocycles. The third-order valence-electron chi connectivity index (χ3n) is 4.26. The van der Waals surface area contributed by atoms with Gasteiger partial charge in [-0.05, 0) is 6.42 Å². The molecule has 0 aromatic carbocycles. The zero-order chi connectivity index (χ0) is 16.1. The summed E-state index contributed by atoms with van der Waals surface area (Å²) < 4.78 is 0. The Bertz CT molecular complexity index is 216. The number of hydrogen-bond donors (Lipinski definition) is 1. The van der Waals surface area contributed by atoms with Crippen LogP contribution in [0.1, 0.15) is 110 Å². The fourth-order valence-corrected chi connectivity index (χ4v) is 2.84. The summed E-state index contributed by atoms with van der Waals surface area (Å²) in [6, 6.07) is 0. The Kier molecular flexibility index (Phi) is 26.5. The first kappa shape index (κ1) is 25.2. The van der Waals surface area contributed by atoms with Crippen LogP contribution < -0.4 is 5.48 Å². The van der Waals surface area contributed by atoms with Crippen molar-refractivity contribution in [1.82, 2.24) is 5.48 Å². The van der Waals surface area contributed by atoms with E-state index in [0.717, 1.165) is 13.0 Å². The first-order valence-corrected chi connectivity index (χ1v) is 9.74. The Morgan fingerprint density at radius 1 is 0.652 bits per heavy atom. The molecule has 4 heteroatoms. The molecule has 0 aliphatic heterocycles. The van der Waals surface area contributed by atoms with Crippen LogP contribution in [0.5, 0.6) is 0 Å². The second-order valence-electron chi connectivity index (χ2n) is 6.41. The van der Waals surface area contributed by atoms with E-state index in [9.17, 15) is 4.79 Å². The Labute approximate surface area is 154 Å². The van der Waals surface area contributed by atoms with Gasteiger partial charge in [-0.15, -0.1) is 0 Å². The van der Waals surface area contributed by atoms with Crippen LogP contribution in [0.25, 0.3) is 0 Å². The minimum Gasteiger partial charge on any atom is -0.374 e. The van der Waals surface area contributed by atoms with Gasteiger partial charge in [-0.25, -0.2) is 0 Å². The smallest absolute Gasteiger partial charge is 0.312 e. The summed E-state index contributed by atoms with van der Waals surface area (Å²) in [5, 5.41) is 0. The van der Waals surface area contributed by atoms with Crippen LogP contribution in [-0.2, 0) is 26.1 Å². The maximum absolute atomic E-state index is 9.89. The molecular weight excluding hydrogens is 333 g/mol. The number of hydroxylamine groups is 1. The second kappa shape index (κ2) is 24.2. The third kappa shape index (κ3) is 24.3. The van der Waals surface area contributed by atoms with Crippen LogP contribution in [-0.4, -0.2) is 13.0 Å². The summed E-state index contributed by atoms with van der Waals surface area (Å²) in [5.41, 5.74) is 2.62. The van der Waals surface area contributed by atoms with Crippen molar-refractivity contribution in [1.29, 1.82) is 0 Å². The summed E-state index contributed by atoms with van der Waals surface area (Å²) in [5.74, 6) is 0. The Balaban J connectivity index is 0. The number of rotatable bonds is 19. The number of hydrogen-bond acceptors (Lipinski definition) is 3. The quantitative estimate of drug-likeness (QED) is 0.132. The zero-order valence-corrected chi connectivity index (χ0v) is 16.2. The number of nitrogens with one attached hydrogen (secondary N) is 1. The van der Waals surface area contributed by atoms with E-state index in [-0.39, 0.29) is 16.5 Å². The maximum Gasteiger partial charge on any atom is 0.312 e. The van der Waals surface area contributed by atoms with Crippen LogP contribution in [0, 0.1) is 0 Å². The van der Waals surface area contributed by atoms with Crippen molar-refractivity contribution in [3.63, 3.8) is 0 Å². The summed E-state index contributed by atoms with van der Waals surface area (Å²) in [4.78, 5) is 14.3. The molecule has 3 nitrogen and oxygen atoms in total. The molecule has 0 saturated carbocycles. The fourth-order valence-electron chi connectivity index (χ4n) is 2.84. The molecule has 0 amide bonds. The number of carbonyl (C=O) groups is 1. The molecule has 0 aromatic heterocycles. The number of carbonyl (C=O) groups excluding carboxylic acids is 1. The molecule has 0 aromatic rings. The van der Waals surface area contributed by atoms with E-state index in [1.165, 1.54) is 96.3 Å². The second-order valence-corrected chi connectivity index (χ2v) is 6.41. The van der Waals surface area contributed by atoms with Crippen molar-refractivity contribution in [3.05, 3.63) is 0 Å². The molecule has 1 N–H and O–H groups in total. The summed E-state index contributed by atoms with van der Waals surface area (Å²) in [6.07, 6.45) is 22.1. The molecule has 0 fully saturated rings. The van der Waals surface area contributed by atoms with Gasteiger partial charge >= 0.3 is 6.47 Å². The van der Waals surface area contributed by atoms with Gasteiger partial charge in [-0.3, -0.25) is 4.79 Å². The van der Waals surface area contributed by atoms with E-state index in [0.29, 0.717) is 6.47 Å². The topological polar surface area (TPSA) is 38.3 Å². The molecule has 0 spiro atoms. The van der Waals surface area contributed by atoms with Gasteiger partial charge in [0.25, 0.3) is 0 Å². The van der Waals surface area contributed by atoms with Gasteiger partial charge in [0.1, 0.15) is 0 Å². The molecular formula is C19H39NNiO2. The van der Waals surface area contributed by atoms with Crippen LogP contribution in [0.4, 0.5) is 0 Å². The summed E-state index contributed by atoms with van der Waals surface area (Å²) in [6.45, 7) is 3.49. The van der Waals surface area contributed by atoms with Gasteiger partial charge in [0.05, 0.1) is 0 Å². The van der Waals surface area contributed by atoms with Crippen molar-refractivity contribution < 1.29 is 26.1 Å². The molecule has 142 valence electrons. The zero-order valence-electron chi connectivity index (χ0n) is 15.2. The first-order chi connectivity index (χ1) is 10.9. The minimum absolute atomic E-state index is 0. The van der Waals surface area contributed by atoms with Crippen molar-refractivity contribution in [2.24, 2.45) is 0 Å². The SMILES string of the molecule is CCCCCCCCCCCCCCCCCCNOC=O.[Ni]. The normalized spacial score (nSPS) is 10.3. The largest absolute Gasteiger partial charge is 0.374 e. The standard InChI is InChI=1S/C19H39NO2.Ni/c1-2-3-4-5-6-7-8-9-10-11-12-13-14-15-16-17-18-20-22-19-21;/h19-20H,2-18H2,1H3;. The Morgan fingerprint density at radius 3 is 1.35 bits per heavy atom. The minimum atomic E-state index is 0. The molecule has 0 atom stereocenters. The molecule has 0 aliphatic carbocycles. The number of unbranched alkanes of at least 4 members (excludes halogenated alkanes) is 15. The maximum atomic E-state index is 9.89. The van der Waals surface area contributed by atoms with E-state index >= 15 is 0 Å². The van der Waals surface area contributed by atoms with Gasteiger partial charge in [-0.2, -0.15) is 5.48 Å². The van der Waals surface area contributed by atoms with Gasteiger partial charge < -0.3 is 4.84 Å². The van der Waals surface area contributed by atoms with Gasteiger partial charge in [0, 0.05) is 23.0 Å². The molecule has 0 aliphatic rings. The molecule has 0 saturated heterocycles. The van der Waals surface area contributed by atoms with Crippen molar-refractivity contribution in [2.75, 3.05) is 6.54 Å². The molecule has 23 heavy (non-hydrogen) atoms. The summed E-state index contributed by atoms with van der Waals surface area (Å²) >= 11 is 0. The van der Waals surface area contributed by atoms with Crippen LogP contribution in [0.3, 0.4) is 0 Å². The molecule has 0 rings (SSSR count). The average Bonchev–Trinajstić information content (AvgIpc) is 2.54. The van der Waals surface area contributed by atoms with Crippen LogP contribution in [0.2, 0.25) is 0 Å². The molecule has 0 radical (unpaired) electrons. The monoisotopic (exact) mass is 371 g/mol. The van der Waals surface area contributed by atoms with Gasteiger partial charge in [0.2, 0.25) is 0 Å². The van der Waals surface area contributed by atoms with Crippen molar-refractivity contribution in [3.8, 4) is 0 Å². The molecule has 0 bridgehead atoms. The van der Waals surface area contributed by atoms with Crippen LogP contribution >= 0.6 is 0 Å². The van der Waals surface area contributed by atoms with E-state index in [1.807, 2.05) is 0 Å². The fraction of sp³-hybridized carbons (Fsp3) is 0.947. The Morgan fingerprint density at radius 2 is 1.00 bits per heavy atom. The summed E-state index contributed by atoms with van der Waals surface area (Å²) in [7, 11) is 0. The Hall–Kier alpha value is -0.0765. The van der Waals surface area contributed by atoms with Crippen LogP contribution in [0.15, 0.2) is 0 Å². The van der Waals surface area contributed by atoms with Gasteiger partial charge in [-0.1, -0.05) is 103 Å². The van der Waals surface area contributed by atoms with E-state index in [2.05, 4.69) is 17.2 Å². The first-order valence-electron chi connectivity index (χ1n) is 9.74.